The Kier molecular flexibility index (Phi) is 2.78. The Labute approximate surface area is 66.3 Å². The lowest BCUT2D eigenvalue weighted by molar-refractivity contribution is 0.0977. The van der Waals surface area contributed by atoms with Gasteiger partial charge >= 0.3 is 0 Å². The van der Waals surface area contributed by atoms with Gasteiger partial charge in [0.2, 0.25) is 0 Å². The average Bonchev–Trinajstić information content (AvgIpc) is 2.07. The number of ketones is 1. The van der Waals surface area contributed by atoms with Crippen LogP contribution in [-0.4, -0.2) is 10.8 Å². The van der Waals surface area contributed by atoms with Gasteiger partial charge in [-0.25, -0.2) is 0 Å². The van der Waals surface area contributed by atoms with Gasteiger partial charge in [0.05, 0.1) is 0 Å². The number of Topliss-reactive ketones (excluding diaryl/α,β-unsaturated/α-hetero) is 1. The summed E-state index contributed by atoms with van der Waals surface area (Å²) in [6, 6.07) is 6.12. The van der Waals surface area contributed by atoms with Gasteiger partial charge in [0.15, 0.2) is 5.78 Å². The van der Waals surface area contributed by atoms with Crippen molar-refractivity contribution in [3.63, 3.8) is 0 Å². The Morgan fingerprint density at radius 2 is 2.55 bits per heavy atom. The third kappa shape index (κ3) is 2.15. The van der Waals surface area contributed by atoms with Crippen molar-refractivity contribution in [2.45, 2.75) is 19.8 Å². The molecule has 0 aliphatic rings. The smallest absolute Gasteiger partial charge is 0.181 e. The van der Waals surface area contributed by atoms with Crippen molar-refractivity contribution in [2.75, 3.05) is 0 Å². The molecule has 0 N–H and O–H groups in total. The Bertz CT molecular complexity index is 231. The molecule has 1 rings (SSSR count). The molecule has 11 heavy (non-hydrogen) atoms. The molecule has 0 aliphatic heterocycles. The fraction of sp³-hybridized carbons (Fsp3) is 0.333. The average molecular weight is 148 g/mol. The summed E-state index contributed by atoms with van der Waals surface area (Å²) >= 11 is 0. The molecular formula is C9H10NO. The highest BCUT2D eigenvalue weighted by atomic mass is 16.1. The highest BCUT2D eigenvalue weighted by Gasteiger charge is 2.03. The standard InChI is InChI=1S/C9H10NO/c1-2-5-9(11)8-6-3-4-7-10-8/h4,6-7H,2,5H2,1H3. The van der Waals surface area contributed by atoms with E-state index in [1.807, 2.05) is 6.92 Å². The van der Waals surface area contributed by atoms with Gasteiger partial charge < -0.3 is 0 Å². The van der Waals surface area contributed by atoms with Crippen LogP contribution in [0.3, 0.4) is 0 Å². The van der Waals surface area contributed by atoms with Crippen LogP contribution in [0.1, 0.15) is 30.3 Å². The minimum absolute atomic E-state index is 0.101. The molecule has 0 spiro atoms. The van der Waals surface area contributed by atoms with Crippen molar-refractivity contribution in [2.24, 2.45) is 0 Å². The van der Waals surface area contributed by atoms with E-state index in [1.54, 1.807) is 18.3 Å². The molecule has 0 saturated heterocycles. The maximum atomic E-state index is 11.2. The number of hydrogen-bond acceptors (Lipinski definition) is 2. The van der Waals surface area contributed by atoms with E-state index >= 15 is 0 Å². The molecule has 0 saturated carbocycles. The van der Waals surface area contributed by atoms with Crippen molar-refractivity contribution in [1.82, 2.24) is 4.98 Å². The first-order valence-corrected chi connectivity index (χ1v) is 3.70. The molecule has 1 aromatic heterocycles. The predicted molar refractivity (Wildman–Crippen MR) is 42.3 cm³/mol. The van der Waals surface area contributed by atoms with E-state index in [4.69, 9.17) is 0 Å². The van der Waals surface area contributed by atoms with Crippen LogP contribution < -0.4 is 0 Å². The zero-order valence-electron chi connectivity index (χ0n) is 6.50. The number of carbonyl (C=O) groups excluding carboxylic acids is 1. The zero-order chi connectivity index (χ0) is 8.10. The summed E-state index contributed by atoms with van der Waals surface area (Å²) in [5, 5.41) is 0. The van der Waals surface area contributed by atoms with Gasteiger partial charge in [-0.1, -0.05) is 6.92 Å². The fourth-order valence-corrected chi connectivity index (χ4v) is 0.833. The Morgan fingerprint density at radius 1 is 1.73 bits per heavy atom. The molecular weight excluding hydrogens is 138 g/mol. The lowest BCUT2D eigenvalue weighted by Crippen LogP contribution is -1.99. The van der Waals surface area contributed by atoms with Crippen LogP contribution in [0.2, 0.25) is 0 Å². The highest BCUT2D eigenvalue weighted by Crippen LogP contribution is 1.99. The molecule has 1 aromatic rings. The SMILES string of the molecule is CCCC(=O)c1c[c]ccn1. The quantitative estimate of drug-likeness (QED) is 0.612. The molecule has 0 unspecified atom stereocenters. The van der Waals surface area contributed by atoms with Gasteiger partial charge in [-0.05, 0) is 24.6 Å². The van der Waals surface area contributed by atoms with E-state index in [-0.39, 0.29) is 5.78 Å². The second-order valence-corrected chi connectivity index (χ2v) is 2.31. The minimum atomic E-state index is 0.101. The van der Waals surface area contributed by atoms with Crippen molar-refractivity contribution in [3.8, 4) is 0 Å². The van der Waals surface area contributed by atoms with E-state index in [1.165, 1.54) is 0 Å². The van der Waals surface area contributed by atoms with Crippen LogP contribution in [0, 0.1) is 6.07 Å². The molecule has 0 amide bonds. The molecule has 1 radical (unpaired) electrons. The van der Waals surface area contributed by atoms with Gasteiger partial charge in [-0.15, -0.1) is 0 Å². The summed E-state index contributed by atoms with van der Waals surface area (Å²) in [5.41, 5.74) is 0.523. The number of nitrogens with zero attached hydrogens (tertiary/aromatic N) is 1. The van der Waals surface area contributed by atoms with E-state index < -0.39 is 0 Å². The predicted octanol–water partition coefficient (Wildman–Crippen LogP) is 1.86. The first-order chi connectivity index (χ1) is 5.34. The molecule has 57 valence electrons. The summed E-state index contributed by atoms with van der Waals surface area (Å²) in [5.74, 6) is 0.101. The Balaban J connectivity index is 2.69. The van der Waals surface area contributed by atoms with Gasteiger partial charge in [-0.3, -0.25) is 9.78 Å². The monoisotopic (exact) mass is 148 g/mol. The lowest BCUT2D eigenvalue weighted by atomic mass is 10.2. The van der Waals surface area contributed by atoms with Gasteiger partial charge in [-0.2, -0.15) is 0 Å². The number of rotatable bonds is 3. The van der Waals surface area contributed by atoms with E-state index in [0.717, 1.165) is 6.42 Å². The van der Waals surface area contributed by atoms with Crippen LogP contribution in [0.4, 0.5) is 0 Å². The highest BCUT2D eigenvalue weighted by molar-refractivity contribution is 5.93. The number of carbonyl (C=O) groups is 1. The molecule has 0 aromatic carbocycles. The van der Waals surface area contributed by atoms with Crippen LogP contribution >= 0.6 is 0 Å². The van der Waals surface area contributed by atoms with Crippen LogP contribution in [-0.2, 0) is 0 Å². The summed E-state index contributed by atoms with van der Waals surface area (Å²) in [6.07, 6.45) is 3.03. The molecule has 0 bridgehead atoms. The van der Waals surface area contributed by atoms with Crippen molar-refractivity contribution >= 4 is 5.78 Å². The normalized spacial score (nSPS) is 9.55. The second-order valence-electron chi connectivity index (χ2n) is 2.31. The first kappa shape index (κ1) is 7.92. The molecule has 0 fully saturated rings. The summed E-state index contributed by atoms with van der Waals surface area (Å²) < 4.78 is 0. The van der Waals surface area contributed by atoms with E-state index in [9.17, 15) is 4.79 Å². The van der Waals surface area contributed by atoms with E-state index in [2.05, 4.69) is 11.1 Å². The van der Waals surface area contributed by atoms with Crippen LogP contribution in [0.25, 0.3) is 0 Å². The maximum absolute atomic E-state index is 11.2. The molecule has 0 aliphatic carbocycles. The van der Waals surface area contributed by atoms with Crippen molar-refractivity contribution in [3.05, 3.63) is 30.1 Å². The molecule has 1 heterocycles. The summed E-state index contributed by atoms with van der Waals surface area (Å²) in [7, 11) is 0. The zero-order valence-corrected chi connectivity index (χ0v) is 6.50. The van der Waals surface area contributed by atoms with Gasteiger partial charge in [0.1, 0.15) is 5.69 Å². The van der Waals surface area contributed by atoms with E-state index in [0.29, 0.717) is 12.1 Å². The number of pyridine rings is 1. The van der Waals surface area contributed by atoms with Crippen LogP contribution in [0.15, 0.2) is 18.3 Å². The maximum Gasteiger partial charge on any atom is 0.181 e. The Morgan fingerprint density at radius 3 is 3.09 bits per heavy atom. The van der Waals surface area contributed by atoms with Gasteiger partial charge in [0, 0.05) is 12.6 Å². The third-order valence-corrected chi connectivity index (χ3v) is 1.37. The van der Waals surface area contributed by atoms with Crippen molar-refractivity contribution in [1.29, 1.82) is 0 Å². The molecule has 2 heteroatoms. The first-order valence-electron chi connectivity index (χ1n) is 3.70. The largest absolute Gasteiger partial charge is 0.292 e. The second kappa shape index (κ2) is 3.86. The fourth-order valence-electron chi connectivity index (χ4n) is 0.833. The molecule has 0 atom stereocenters. The van der Waals surface area contributed by atoms with Crippen LogP contribution in [0.5, 0.6) is 0 Å². The third-order valence-electron chi connectivity index (χ3n) is 1.37. The number of hydrogen-bond donors (Lipinski definition) is 0. The summed E-state index contributed by atoms with van der Waals surface area (Å²) in [4.78, 5) is 15.1. The summed E-state index contributed by atoms with van der Waals surface area (Å²) in [6.45, 7) is 1.98. The number of aromatic nitrogens is 1. The Hall–Kier alpha value is -1.18. The lowest BCUT2D eigenvalue weighted by Gasteiger charge is -1.94. The topological polar surface area (TPSA) is 30.0 Å². The minimum Gasteiger partial charge on any atom is -0.292 e. The van der Waals surface area contributed by atoms with Crippen molar-refractivity contribution < 1.29 is 4.79 Å². The van der Waals surface area contributed by atoms with Gasteiger partial charge in [0.25, 0.3) is 0 Å². The molecule has 2 nitrogen and oxygen atoms in total.